The van der Waals surface area contributed by atoms with Gasteiger partial charge in [0.2, 0.25) is 5.91 Å². The summed E-state index contributed by atoms with van der Waals surface area (Å²) >= 11 is 0. The number of carbonyl (C=O) groups excluding carboxylic acids is 2. The molecule has 1 aromatic carbocycles. The van der Waals surface area contributed by atoms with E-state index in [1.165, 1.54) is 49.7 Å². The highest BCUT2D eigenvalue weighted by atomic mass is 16.2. The molecule has 1 saturated carbocycles. The molecule has 1 aromatic heterocycles. The lowest BCUT2D eigenvalue weighted by atomic mass is 9.87. The summed E-state index contributed by atoms with van der Waals surface area (Å²) in [4.78, 5) is 38.4. The third-order valence-electron chi connectivity index (χ3n) is 8.65. The topological polar surface area (TPSA) is 78.4 Å². The van der Waals surface area contributed by atoms with Crippen LogP contribution < -0.4 is 10.2 Å². The molecule has 0 spiro atoms. The number of hydrogen-bond acceptors (Lipinski definition) is 5. The fourth-order valence-corrected chi connectivity index (χ4v) is 6.58. The molecule has 2 aliphatic heterocycles. The van der Waals surface area contributed by atoms with Gasteiger partial charge in [-0.25, -0.2) is 9.97 Å². The third kappa shape index (κ3) is 6.13. The highest BCUT2D eigenvalue weighted by molar-refractivity contribution is 5.96. The molecule has 2 amide bonds. The summed E-state index contributed by atoms with van der Waals surface area (Å²) in [6, 6.07) is 8.85. The van der Waals surface area contributed by atoms with Crippen LogP contribution in [0.1, 0.15) is 72.3 Å². The van der Waals surface area contributed by atoms with Crippen molar-refractivity contribution < 1.29 is 9.59 Å². The van der Waals surface area contributed by atoms with Crippen LogP contribution in [0.5, 0.6) is 0 Å². The van der Waals surface area contributed by atoms with E-state index in [4.69, 9.17) is 0 Å². The highest BCUT2D eigenvalue weighted by Crippen LogP contribution is 2.35. The van der Waals surface area contributed by atoms with Crippen LogP contribution in [-0.4, -0.2) is 59.4 Å². The Morgan fingerprint density at radius 1 is 0.973 bits per heavy atom. The number of rotatable bonds is 8. The molecule has 0 radical (unpaired) electrons. The standard InChI is InChI=1S/C30H41N5O2/c1-21-29(22(2)33-20-32-21)30(37)35-18-25-16-34(17-26(25)19-35)27-12-6-10-23(14-27)11-7-13-31-28(36)15-24-8-4-3-5-9-24/h6,10,12,14,20,24-26H,3-5,7-9,11,13,15-19H2,1-2H3,(H,31,36). The number of anilines is 1. The minimum Gasteiger partial charge on any atom is -0.371 e. The van der Waals surface area contributed by atoms with Crippen LogP contribution in [0, 0.1) is 31.6 Å². The molecule has 7 nitrogen and oxygen atoms in total. The van der Waals surface area contributed by atoms with Gasteiger partial charge in [0.05, 0.1) is 17.0 Å². The molecule has 1 N–H and O–H groups in total. The monoisotopic (exact) mass is 503 g/mol. The maximum Gasteiger partial charge on any atom is 0.257 e. The maximum atomic E-state index is 13.2. The van der Waals surface area contributed by atoms with Gasteiger partial charge in [-0.05, 0) is 63.1 Å². The molecule has 3 aliphatic rings. The van der Waals surface area contributed by atoms with E-state index in [0.717, 1.165) is 57.0 Å². The van der Waals surface area contributed by atoms with Crippen molar-refractivity contribution in [3.63, 3.8) is 0 Å². The van der Waals surface area contributed by atoms with E-state index in [-0.39, 0.29) is 11.8 Å². The molecule has 0 bridgehead atoms. The van der Waals surface area contributed by atoms with E-state index in [0.29, 0.717) is 29.7 Å². The van der Waals surface area contributed by atoms with Crippen molar-refractivity contribution >= 4 is 17.5 Å². The van der Waals surface area contributed by atoms with Crippen LogP contribution >= 0.6 is 0 Å². The summed E-state index contributed by atoms with van der Waals surface area (Å²) in [5.74, 6) is 1.89. The van der Waals surface area contributed by atoms with Crippen molar-refractivity contribution in [1.82, 2.24) is 20.2 Å². The first-order valence-corrected chi connectivity index (χ1v) is 14.2. The van der Waals surface area contributed by atoms with Crippen LogP contribution in [0.15, 0.2) is 30.6 Å². The Kier molecular flexibility index (Phi) is 8.06. The van der Waals surface area contributed by atoms with Crippen molar-refractivity contribution in [3.05, 3.63) is 53.1 Å². The summed E-state index contributed by atoms with van der Waals surface area (Å²) in [7, 11) is 0. The number of aryl methyl sites for hydroxylation is 3. The number of likely N-dealkylation sites (tertiary alicyclic amines) is 1. The van der Waals surface area contributed by atoms with Gasteiger partial charge in [0, 0.05) is 56.7 Å². The Balaban J connectivity index is 1.08. The van der Waals surface area contributed by atoms with E-state index < -0.39 is 0 Å². The van der Waals surface area contributed by atoms with Gasteiger partial charge in [-0.2, -0.15) is 0 Å². The van der Waals surface area contributed by atoms with Crippen molar-refractivity contribution in [3.8, 4) is 0 Å². The van der Waals surface area contributed by atoms with E-state index in [1.807, 2.05) is 18.7 Å². The predicted molar refractivity (Wildman–Crippen MR) is 146 cm³/mol. The maximum absolute atomic E-state index is 13.2. The Hall–Kier alpha value is -2.96. The van der Waals surface area contributed by atoms with Crippen molar-refractivity contribution in [2.75, 3.05) is 37.6 Å². The normalized spacial score (nSPS) is 21.8. The Bertz CT molecular complexity index is 1080. The summed E-state index contributed by atoms with van der Waals surface area (Å²) < 4.78 is 0. The van der Waals surface area contributed by atoms with Gasteiger partial charge in [0.1, 0.15) is 6.33 Å². The smallest absolute Gasteiger partial charge is 0.257 e. The van der Waals surface area contributed by atoms with Crippen molar-refractivity contribution in [2.45, 2.75) is 65.2 Å². The van der Waals surface area contributed by atoms with Crippen molar-refractivity contribution in [1.29, 1.82) is 0 Å². The lowest BCUT2D eigenvalue weighted by molar-refractivity contribution is -0.122. The van der Waals surface area contributed by atoms with Crippen LogP contribution in [0.2, 0.25) is 0 Å². The third-order valence-corrected chi connectivity index (χ3v) is 8.65. The second-order valence-electron chi connectivity index (χ2n) is 11.4. The molecule has 3 fully saturated rings. The molecule has 5 rings (SSSR count). The zero-order chi connectivity index (χ0) is 25.8. The van der Waals surface area contributed by atoms with E-state index >= 15 is 0 Å². The van der Waals surface area contributed by atoms with Gasteiger partial charge < -0.3 is 15.1 Å². The number of aromatic nitrogens is 2. The molecule has 3 heterocycles. The molecular formula is C30H41N5O2. The first-order valence-electron chi connectivity index (χ1n) is 14.2. The largest absolute Gasteiger partial charge is 0.371 e. The van der Waals surface area contributed by atoms with Crippen LogP contribution in [0.25, 0.3) is 0 Å². The van der Waals surface area contributed by atoms with E-state index in [2.05, 4.69) is 44.5 Å². The molecule has 2 atom stereocenters. The predicted octanol–water partition coefficient (Wildman–Crippen LogP) is 4.32. The second-order valence-corrected chi connectivity index (χ2v) is 11.4. The quantitative estimate of drug-likeness (QED) is 0.543. The van der Waals surface area contributed by atoms with Gasteiger partial charge in [0.15, 0.2) is 0 Å². The minimum absolute atomic E-state index is 0.0735. The Labute approximate surface area is 221 Å². The number of hydrogen-bond donors (Lipinski definition) is 1. The molecular weight excluding hydrogens is 462 g/mol. The number of amides is 2. The number of fused-ring (bicyclic) bond motifs is 1. The van der Waals surface area contributed by atoms with E-state index in [9.17, 15) is 9.59 Å². The van der Waals surface area contributed by atoms with Crippen molar-refractivity contribution in [2.24, 2.45) is 17.8 Å². The average molecular weight is 504 g/mol. The number of benzene rings is 1. The molecule has 7 heteroatoms. The van der Waals surface area contributed by atoms with Gasteiger partial charge >= 0.3 is 0 Å². The summed E-state index contributed by atoms with van der Waals surface area (Å²) in [5.41, 5.74) is 4.78. The van der Waals surface area contributed by atoms with Crippen LogP contribution in [-0.2, 0) is 11.2 Å². The lowest BCUT2D eigenvalue weighted by Crippen LogP contribution is -2.34. The first kappa shape index (κ1) is 25.7. The van der Waals surface area contributed by atoms with Gasteiger partial charge in [0.25, 0.3) is 5.91 Å². The highest BCUT2D eigenvalue weighted by Gasteiger charge is 2.42. The van der Waals surface area contributed by atoms with E-state index in [1.54, 1.807) is 0 Å². The molecule has 2 aromatic rings. The average Bonchev–Trinajstić information content (AvgIpc) is 3.47. The lowest BCUT2D eigenvalue weighted by Gasteiger charge is -2.24. The number of carbonyl (C=O) groups is 2. The zero-order valence-electron chi connectivity index (χ0n) is 22.4. The zero-order valence-corrected chi connectivity index (χ0v) is 22.4. The minimum atomic E-state index is 0.0735. The summed E-state index contributed by atoms with van der Waals surface area (Å²) in [6.45, 7) is 8.09. The second kappa shape index (κ2) is 11.6. The Morgan fingerprint density at radius 2 is 1.68 bits per heavy atom. The molecule has 2 unspecified atom stereocenters. The fourth-order valence-electron chi connectivity index (χ4n) is 6.58. The number of nitrogens with one attached hydrogen (secondary N) is 1. The summed E-state index contributed by atoms with van der Waals surface area (Å²) in [6.07, 6.45) is 10.5. The number of nitrogens with zero attached hydrogens (tertiary/aromatic N) is 4. The molecule has 37 heavy (non-hydrogen) atoms. The van der Waals surface area contributed by atoms with Gasteiger partial charge in [-0.15, -0.1) is 0 Å². The Morgan fingerprint density at radius 3 is 2.38 bits per heavy atom. The van der Waals surface area contributed by atoms with Gasteiger partial charge in [-0.3, -0.25) is 9.59 Å². The summed E-state index contributed by atoms with van der Waals surface area (Å²) in [5, 5.41) is 3.14. The SMILES string of the molecule is Cc1ncnc(C)c1C(=O)N1CC2CN(c3cccc(CCCNC(=O)CC4CCCCC4)c3)CC2C1. The first-order chi connectivity index (χ1) is 18.0. The van der Waals surface area contributed by atoms with Crippen LogP contribution in [0.3, 0.4) is 0 Å². The van der Waals surface area contributed by atoms with Crippen LogP contribution in [0.4, 0.5) is 5.69 Å². The molecule has 2 saturated heterocycles. The fraction of sp³-hybridized carbons (Fsp3) is 0.600. The molecule has 1 aliphatic carbocycles. The van der Waals surface area contributed by atoms with Gasteiger partial charge in [-0.1, -0.05) is 31.4 Å². The molecule has 198 valence electrons.